The fraction of sp³-hybridized carbons (Fsp3) is 0.351. The van der Waals surface area contributed by atoms with Crippen LogP contribution in [0.15, 0.2) is 48.5 Å². The molecule has 8 nitrogen and oxygen atoms in total. The third kappa shape index (κ3) is 4.34. The molecule has 8 heteroatoms. The summed E-state index contributed by atoms with van der Waals surface area (Å²) in [6, 6.07) is 16.6. The van der Waals surface area contributed by atoms with Crippen LogP contribution < -0.4 is 23.7 Å². The molecule has 0 spiro atoms. The van der Waals surface area contributed by atoms with Crippen molar-refractivity contribution in [3.05, 3.63) is 81.9 Å². The number of ether oxygens (including phenoxy) is 5. The Morgan fingerprint density at radius 3 is 2.16 bits per heavy atom. The van der Waals surface area contributed by atoms with Crippen LogP contribution in [0.5, 0.6) is 46.0 Å². The molecule has 4 aromatic carbocycles. The average molecular weight is 607 g/mol. The van der Waals surface area contributed by atoms with Crippen molar-refractivity contribution in [1.82, 2.24) is 9.80 Å². The zero-order chi connectivity index (χ0) is 31.0. The predicted molar refractivity (Wildman–Crippen MR) is 172 cm³/mol. The Kier molecular flexibility index (Phi) is 6.62. The van der Waals surface area contributed by atoms with Gasteiger partial charge < -0.3 is 28.8 Å². The summed E-state index contributed by atoms with van der Waals surface area (Å²) in [5.41, 5.74) is 8.53. The van der Waals surface area contributed by atoms with Crippen molar-refractivity contribution in [2.75, 3.05) is 48.5 Å². The molecule has 1 N–H and O–H groups in total. The first-order valence-corrected chi connectivity index (χ1v) is 15.6. The average Bonchev–Trinajstić information content (AvgIpc) is 3.05. The molecule has 45 heavy (non-hydrogen) atoms. The molecule has 0 aliphatic carbocycles. The summed E-state index contributed by atoms with van der Waals surface area (Å²) in [5, 5.41) is 11.2. The number of methoxy groups -OCH3 is 3. The first-order chi connectivity index (χ1) is 21.9. The number of phenolic OH excluding ortho intramolecular Hbond substituents is 1. The number of rotatable bonds is 3. The van der Waals surface area contributed by atoms with E-state index in [1.165, 1.54) is 11.1 Å². The van der Waals surface area contributed by atoms with Gasteiger partial charge in [-0.1, -0.05) is 12.1 Å². The molecule has 0 amide bonds. The Labute approximate surface area is 263 Å². The van der Waals surface area contributed by atoms with E-state index in [0.29, 0.717) is 40.9 Å². The van der Waals surface area contributed by atoms with Gasteiger partial charge in [0.2, 0.25) is 11.5 Å². The van der Waals surface area contributed by atoms with Gasteiger partial charge in [-0.3, -0.25) is 9.80 Å². The third-order valence-corrected chi connectivity index (χ3v) is 10.2. The zero-order valence-corrected chi connectivity index (χ0v) is 26.4. The normalized spacial score (nSPS) is 19.8. The maximum Gasteiger partial charge on any atom is 0.216 e. The van der Waals surface area contributed by atoms with E-state index in [9.17, 15) is 5.11 Å². The highest BCUT2D eigenvalue weighted by molar-refractivity contribution is 5.77. The van der Waals surface area contributed by atoms with Gasteiger partial charge in [-0.05, 0) is 98.4 Å². The van der Waals surface area contributed by atoms with Gasteiger partial charge >= 0.3 is 0 Å². The molecule has 232 valence electrons. The summed E-state index contributed by atoms with van der Waals surface area (Å²) in [5.74, 6) is 4.88. The van der Waals surface area contributed by atoms with Crippen LogP contribution >= 0.6 is 0 Å². The van der Waals surface area contributed by atoms with Crippen molar-refractivity contribution >= 4 is 0 Å². The lowest BCUT2D eigenvalue weighted by Crippen LogP contribution is -2.34. The van der Waals surface area contributed by atoms with E-state index in [1.807, 2.05) is 18.2 Å². The van der Waals surface area contributed by atoms with E-state index < -0.39 is 0 Å². The van der Waals surface area contributed by atoms with Crippen molar-refractivity contribution in [3.63, 3.8) is 0 Å². The van der Waals surface area contributed by atoms with Crippen LogP contribution in [0.4, 0.5) is 0 Å². The Morgan fingerprint density at radius 1 is 0.711 bits per heavy atom. The number of nitrogens with zero attached hydrogens (tertiary/aromatic N) is 2. The molecule has 8 rings (SSSR count). The van der Waals surface area contributed by atoms with Gasteiger partial charge in [0.1, 0.15) is 11.5 Å². The number of benzene rings is 4. The third-order valence-electron chi connectivity index (χ3n) is 10.2. The molecule has 4 aromatic rings. The minimum Gasteiger partial charge on any atom is -0.507 e. The van der Waals surface area contributed by atoms with Crippen LogP contribution in [0, 0.1) is 0 Å². The molecule has 0 saturated carbocycles. The standard InChI is InChI=1S/C37H38N2O6/c1-38-12-10-22-18-31-32-19-24(22)27(38)16-20-6-8-29(40)25(14-20)26-15-21(7-9-30(26)41-3)17-28-33-23(11-13-39(28)2)34(42-4)36(43-5)37(45-31)35(33)44-32/h6-9,14-15,18-19,27-28,40H,10-13,16-17H2,1-5H3/t27-,28+/m1/s1. The fourth-order valence-corrected chi connectivity index (χ4v) is 7.79. The van der Waals surface area contributed by atoms with E-state index >= 15 is 0 Å². The number of likely N-dealkylation sites (N-methyl/N-ethyl adjacent to an activating group) is 2. The lowest BCUT2D eigenvalue weighted by molar-refractivity contribution is 0.214. The van der Waals surface area contributed by atoms with Gasteiger partial charge in [0.25, 0.3) is 0 Å². The molecule has 0 unspecified atom stereocenters. The summed E-state index contributed by atoms with van der Waals surface area (Å²) in [4.78, 5) is 4.78. The molecule has 2 atom stereocenters. The first kappa shape index (κ1) is 28.1. The molecular weight excluding hydrogens is 568 g/mol. The van der Waals surface area contributed by atoms with E-state index in [-0.39, 0.29) is 17.8 Å². The SMILES string of the molecule is COc1ccc2cc1-c1cc(ccc1O)C[C@@H]1c3cc4c(cc3CCN1C)Oc1c(OC)c(OC)c3c(c1O4)[C@H](C2)N(C)CC3. The lowest BCUT2D eigenvalue weighted by atomic mass is 9.85. The van der Waals surface area contributed by atoms with Crippen LogP contribution in [0.25, 0.3) is 11.1 Å². The van der Waals surface area contributed by atoms with Crippen molar-refractivity contribution in [3.8, 4) is 57.1 Å². The molecule has 0 radical (unpaired) electrons. The van der Waals surface area contributed by atoms with Gasteiger partial charge in [-0.2, -0.15) is 0 Å². The maximum absolute atomic E-state index is 11.2. The van der Waals surface area contributed by atoms with Crippen molar-refractivity contribution in [1.29, 1.82) is 0 Å². The number of fused-ring (bicyclic) bond motifs is 5. The second kappa shape index (κ2) is 10.6. The van der Waals surface area contributed by atoms with Gasteiger partial charge in [0.15, 0.2) is 23.0 Å². The van der Waals surface area contributed by atoms with Crippen LogP contribution in [-0.2, 0) is 25.7 Å². The highest BCUT2D eigenvalue weighted by Gasteiger charge is 2.40. The second-order valence-corrected chi connectivity index (χ2v) is 12.6. The summed E-state index contributed by atoms with van der Waals surface area (Å²) in [6.45, 7) is 1.77. The van der Waals surface area contributed by atoms with Crippen LogP contribution in [0.2, 0.25) is 0 Å². The second-order valence-electron chi connectivity index (χ2n) is 12.6. The van der Waals surface area contributed by atoms with Crippen molar-refractivity contribution < 1.29 is 28.8 Å². The monoisotopic (exact) mass is 606 g/mol. The van der Waals surface area contributed by atoms with E-state index in [4.69, 9.17) is 23.7 Å². The minimum atomic E-state index is -0.0296. The number of aromatic hydroxyl groups is 1. The number of hydrogen-bond donors (Lipinski definition) is 1. The van der Waals surface area contributed by atoms with Crippen molar-refractivity contribution in [2.45, 2.75) is 37.8 Å². The fourth-order valence-electron chi connectivity index (χ4n) is 7.79. The summed E-state index contributed by atoms with van der Waals surface area (Å²) in [6.07, 6.45) is 3.18. The van der Waals surface area contributed by atoms with E-state index in [0.717, 1.165) is 71.5 Å². The number of hydrogen-bond acceptors (Lipinski definition) is 8. The van der Waals surface area contributed by atoms with E-state index in [1.54, 1.807) is 21.3 Å². The largest absolute Gasteiger partial charge is 0.507 e. The highest BCUT2D eigenvalue weighted by atomic mass is 16.6. The highest BCUT2D eigenvalue weighted by Crippen LogP contribution is 2.60. The smallest absolute Gasteiger partial charge is 0.216 e. The van der Waals surface area contributed by atoms with Crippen LogP contribution in [0.1, 0.15) is 45.5 Å². The molecule has 4 aliphatic rings. The Morgan fingerprint density at radius 2 is 1.38 bits per heavy atom. The maximum atomic E-state index is 11.2. The molecule has 7 bridgehead atoms. The van der Waals surface area contributed by atoms with Crippen LogP contribution in [0.3, 0.4) is 0 Å². The van der Waals surface area contributed by atoms with Gasteiger partial charge in [0.05, 0.1) is 21.3 Å². The van der Waals surface area contributed by atoms with Gasteiger partial charge in [-0.15, -0.1) is 0 Å². The first-order valence-electron chi connectivity index (χ1n) is 15.6. The molecule has 4 aliphatic heterocycles. The summed E-state index contributed by atoms with van der Waals surface area (Å²) < 4.78 is 31.5. The van der Waals surface area contributed by atoms with Crippen molar-refractivity contribution in [2.24, 2.45) is 0 Å². The number of phenols is 1. The minimum absolute atomic E-state index is 0.0296. The summed E-state index contributed by atoms with van der Waals surface area (Å²) in [7, 11) is 9.37. The Bertz CT molecular complexity index is 1850. The molecule has 0 fully saturated rings. The zero-order valence-electron chi connectivity index (χ0n) is 26.4. The van der Waals surface area contributed by atoms with Crippen LogP contribution in [-0.4, -0.2) is 63.4 Å². The Hall–Kier alpha value is -4.40. The predicted octanol–water partition coefficient (Wildman–Crippen LogP) is 6.84. The quantitative estimate of drug-likeness (QED) is 0.239. The summed E-state index contributed by atoms with van der Waals surface area (Å²) >= 11 is 0. The molecule has 4 heterocycles. The van der Waals surface area contributed by atoms with E-state index in [2.05, 4.69) is 54.2 Å². The lowest BCUT2D eigenvalue weighted by Gasteiger charge is -2.39. The topological polar surface area (TPSA) is 72.9 Å². The van der Waals surface area contributed by atoms with Gasteiger partial charge in [0, 0.05) is 47.4 Å². The molecule has 0 aromatic heterocycles. The Balaban J connectivity index is 1.42. The van der Waals surface area contributed by atoms with Gasteiger partial charge in [-0.25, -0.2) is 0 Å². The molecular formula is C37H38N2O6. The molecule has 0 saturated heterocycles.